The second-order valence-electron chi connectivity index (χ2n) is 1.96. The first-order valence-electron chi connectivity index (χ1n) is 3.23. The van der Waals surface area contributed by atoms with Crippen LogP contribution in [0.3, 0.4) is 0 Å². The van der Waals surface area contributed by atoms with Crippen LogP contribution < -0.4 is 0 Å². The molecule has 0 rings (SSSR count). The van der Waals surface area contributed by atoms with Crippen molar-refractivity contribution in [2.24, 2.45) is 0 Å². The van der Waals surface area contributed by atoms with E-state index in [1.807, 2.05) is 6.92 Å². The molecule has 0 aromatic rings. The molecule has 11 heavy (non-hydrogen) atoms. The van der Waals surface area contributed by atoms with Crippen molar-refractivity contribution in [1.82, 2.24) is 0 Å². The Morgan fingerprint density at radius 1 is 1.82 bits per heavy atom. The quantitative estimate of drug-likeness (QED) is 0.585. The lowest BCUT2D eigenvalue weighted by Crippen LogP contribution is -2.00. The van der Waals surface area contributed by atoms with Gasteiger partial charge >= 0.3 is 0 Å². The Hall–Kier alpha value is 1.21. The number of hydrogen-bond acceptors (Lipinski definition) is 3. The van der Waals surface area contributed by atoms with Gasteiger partial charge in [-0.1, -0.05) is 36.3 Å². The van der Waals surface area contributed by atoms with Gasteiger partial charge in [-0.15, -0.1) is 0 Å². The van der Waals surface area contributed by atoms with Crippen molar-refractivity contribution in [3.8, 4) is 0 Å². The highest BCUT2D eigenvalue weighted by Crippen LogP contribution is 2.55. The summed E-state index contributed by atoms with van der Waals surface area (Å²) in [6, 6.07) is 0. The first-order chi connectivity index (χ1) is 5.02. The van der Waals surface area contributed by atoms with Crippen LogP contribution in [0, 0.1) is 0 Å². The first-order valence-corrected chi connectivity index (χ1v) is 8.16. The van der Waals surface area contributed by atoms with E-state index in [0.29, 0.717) is 0 Å². The molecule has 68 valence electrons. The van der Waals surface area contributed by atoms with Crippen molar-refractivity contribution in [3.63, 3.8) is 0 Å². The standard InChI is InChI=1S/C5H12ClO2PS2/c1-3-4-5(6)8-9(7,10)11-2/h5H,3-4H2,1-2H3,(H,7,10). The van der Waals surface area contributed by atoms with Gasteiger partial charge in [-0.3, -0.25) is 0 Å². The second-order valence-corrected chi connectivity index (χ2v) is 8.71. The van der Waals surface area contributed by atoms with Gasteiger partial charge in [0.15, 0.2) is 0 Å². The zero-order valence-electron chi connectivity index (χ0n) is 6.49. The summed E-state index contributed by atoms with van der Waals surface area (Å²) in [6.07, 6.45) is 3.37. The Morgan fingerprint density at radius 3 is 2.73 bits per heavy atom. The minimum atomic E-state index is -2.64. The lowest BCUT2D eigenvalue weighted by molar-refractivity contribution is 0.274. The molecule has 0 aliphatic carbocycles. The van der Waals surface area contributed by atoms with Crippen LogP contribution in [0.4, 0.5) is 0 Å². The highest BCUT2D eigenvalue weighted by Gasteiger charge is 2.16. The molecule has 0 heterocycles. The van der Waals surface area contributed by atoms with Crippen LogP contribution in [0.2, 0.25) is 0 Å². The summed E-state index contributed by atoms with van der Waals surface area (Å²) < 4.78 is 5.04. The van der Waals surface area contributed by atoms with Gasteiger partial charge in [-0.05, 0) is 24.5 Å². The van der Waals surface area contributed by atoms with Crippen LogP contribution in [0.1, 0.15) is 19.8 Å². The van der Waals surface area contributed by atoms with E-state index in [1.165, 1.54) is 0 Å². The predicted molar refractivity (Wildman–Crippen MR) is 55.7 cm³/mol. The fourth-order valence-electron chi connectivity index (χ4n) is 0.467. The summed E-state index contributed by atoms with van der Waals surface area (Å²) in [7, 11) is 0. The van der Waals surface area contributed by atoms with Crippen molar-refractivity contribution in [1.29, 1.82) is 0 Å². The van der Waals surface area contributed by atoms with Crippen LogP contribution in [0.25, 0.3) is 0 Å². The predicted octanol–water partition coefficient (Wildman–Crippen LogP) is 2.95. The van der Waals surface area contributed by atoms with Crippen molar-refractivity contribution < 1.29 is 9.42 Å². The zero-order chi connectivity index (χ0) is 8.91. The number of alkyl halides is 1. The van der Waals surface area contributed by atoms with Crippen LogP contribution in [0.5, 0.6) is 0 Å². The van der Waals surface area contributed by atoms with Gasteiger partial charge in [0.05, 0.1) is 0 Å². The molecule has 2 nitrogen and oxygen atoms in total. The van der Waals surface area contributed by atoms with E-state index in [4.69, 9.17) is 27.9 Å². The third-order valence-corrected chi connectivity index (χ3v) is 5.65. The molecule has 0 aromatic heterocycles. The molecular weight excluding hydrogens is 223 g/mol. The molecule has 0 bridgehead atoms. The topological polar surface area (TPSA) is 29.5 Å². The van der Waals surface area contributed by atoms with Gasteiger partial charge in [0.1, 0.15) is 5.56 Å². The van der Waals surface area contributed by atoms with E-state index < -0.39 is 11.3 Å². The van der Waals surface area contributed by atoms with Crippen LogP contribution in [-0.4, -0.2) is 16.7 Å². The van der Waals surface area contributed by atoms with E-state index in [1.54, 1.807) is 6.26 Å². The van der Waals surface area contributed by atoms with E-state index in [0.717, 1.165) is 24.2 Å². The SMILES string of the molecule is CCCC(Cl)OP(O)(=S)SC. The highest BCUT2D eigenvalue weighted by atomic mass is 35.5. The molecule has 0 saturated heterocycles. The smallest absolute Gasteiger partial charge is 0.245 e. The van der Waals surface area contributed by atoms with Crippen LogP contribution >= 0.6 is 28.7 Å². The Balaban J connectivity index is 3.74. The summed E-state index contributed by atoms with van der Waals surface area (Å²) in [5.74, 6) is 0. The van der Waals surface area contributed by atoms with Crippen molar-refractivity contribution in [3.05, 3.63) is 0 Å². The minimum absolute atomic E-state index is 0.441. The fraction of sp³-hybridized carbons (Fsp3) is 1.00. The summed E-state index contributed by atoms with van der Waals surface area (Å²) in [4.78, 5) is 9.30. The van der Waals surface area contributed by atoms with Gasteiger partial charge in [0.2, 0.25) is 5.69 Å². The average molecular weight is 235 g/mol. The zero-order valence-corrected chi connectivity index (χ0v) is 9.77. The Bertz CT molecular complexity index is 155. The normalized spacial score (nSPS) is 19.3. The maximum atomic E-state index is 9.30. The van der Waals surface area contributed by atoms with Gasteiger partial charge in [0, 0.05) is 0 Å². The van der Waals surface area contributed by atoms with Crippen molar-refractivity contribution in [2.45, 2.75) is 25.3 Å². The lowest BCUT2D eigenvalue weighted by Gasteiger charge is -2.16. The average Bonchev–Trinajstić information content (AvgIpc) is 1.87. The molecule has 0 aliphatic rings. The Morgan fingerprint density at radius 2 is 2.36 bits per heavy atom. The van der Waals surface area contributed by atoms with E-state index in [-0.39, 0.29) is 0 Å². The van der Waals surface area contributed by atoms with E-state index in [2.05, 4.69) is 0 Å². The summed E-state index contributed by atoms with van der Waals surface area (Å²) in [5.41, 5.74) is -3.08. The number of halogens is 1. The summed E-state index contributed by atoms with van der Waals surface area (Å²) in [5, 5.41) is 0. The molecular formula is C5H12ClO2PS2. The molecule has 2 atom stereocenters. The minimum Gasteiger partial charge on any atom is -0.337 e. The second kappa shape index (κ2) is 5.79. The van der Waals surface area contributed by atoms with Crippen molar-refractivity contribution in [2.75, 3.05) is 6.26 Å². The molecule has 0 aliphatic heterocycles. The third-order valence-electron chi connectivity index (χ3n) is 0.994. The molecule has 0 aromatic carbocycles. The number of rotatable bonds is 5. The van der Waals surface area contributed by atoms with E-state index >= 15 is 0 Å². The molecule has 2 unspecified atom stereocenters. The van der Waals surface area contributed by atoms with E-state index in [9.17, 15) is 4.89 Å². The lowest BCUT2D eigenvalue weighted by atomic mass is 10.4. The molecule has 1 N–H and O–H groups in total. The molecule has 0 amide bonds. The first kappa shape index (κ1) is 12.2. The van der Waals surface area contributed by atoms with Crippen molar-refractivity contribution >= 4 is 40.5 Å². The molecule has 6 heteroatoms. The van der Waals surface area contributed by atoms with Gasteiger partial charge in [0.25, 0.3) is 0 Å². The maximum absolute atomic E-state index is 9.30. The Kier molecular flexibility index (Phi) is 6.42. The monoisotopic (exact) mass is 234 g/mol. The number of hydrogen-bond donors (Lipinski definition) is 1. The highest BCUT2D eigenvalue weighted by molar-refractivity contribution is 8.67. The third kappa shape index (κ3) is 6.38. The van der Waals surface area contributed by atoms with Gasteiger partial charge in [-0.2, -0.15) is 0 Å². The summed E-state index contributed by atoms with van der Waals surface area (Å²) >= 11 is 11.6. The summed E-state index contributed by atoms with van der Waals surface area (Å²) in [6.45, 7) is 2.00. The molecule has 0 radical (unpaired) electrons. The largest absolute Gasteiger partial charge is 0.337 e. The van der Waals surface area contributed by atoms with Gasteiger partial charge < -0.3 is 9.42 Å². The molecule has 0 spiro atoms. The maximum Gasteiger partial charge on any atom is 0.245 e. The van der Waals surface area contributed by atoms with Crippen LogP contribution in [-0.2, 0) is 16.3 Å². The fourth-order valence-corrected chi connectivity index (χ4v) is 2.68. The molecule has 0 fully saturated rings. The van der Waals surface area contributed by atoms with Gasteiger partial charge in [-0.25, -0.2) is 0 Å². The molecule has 0 saturated carbocycles. The van der Waals surface area contributed by atoms with Crippen LogP contribution in [0.15, 0.2) is 0 Å². The Labute approximate surface area is 81.6 Å².